The lowest BCUT2D eigenvalue weighted by atomic mass is 9.73. The fourth-order valence-electron chi connectivity index (χ4n) is 7.19. The number of rotatable bonds is 5. The molecule has 43 heavy (non-hydrogen) atoms. The maximum absolute atomic E-state index is 13.9. The standard InChI is InChI=1S/C31H52N2O10/c1-12-21-31(8)25(32-29(38)43-31)17(4)22(34)15(2)14-30(7,39-11)26(18(5)23(35)19(6)27(37)41-21)42-28-24(36)20(33(9)10)13-16(3)40-28/h15-21,24-26,28,36H,12-14H2,1-11H3,(H,32,38)/t15-,16-,17+,18+,19-,20+,21+,24-,25-,26-,28+,30+,31-/m1/s1. The number of Topliss-reactive ketones (excluding diaryl/α,β-unsaturated/α-hetero) is 2. The topological polar surface area (TPSA) is 150 Å². The maximum atomic E-state index is 13.9. The van der Waals surface area contributed by atoms with Crippen molar-refractivity contribution in [2.75, 3.05) is 21.2 Å². The third-order valence-corrected chi connectivity index (χ3v) is 9.93. The van der Waals surface area contributed by atoms with Crippen molar-refractivity contribution in [2.45, 2.75) is 129 Å². The first kappa shape index (κ1) is 35.4. The van der Waals surface area contributed by atoms with E-state index in [4.69, 9.17) is 23.7 Å². The van der Waals surface area contributed by atoms with Crippen molar-refractivity contribution in [1.82, 2.24) is 10.2 Å². The van der Waals surface area contributed by atoms with Crippen molar-refractivity contribution in [3.05, 3.63) is 0 Å². The van der Waals surface area contributed by atoms with Crippen LogP contribution in [0.5, 0.6) is 0 Å². The number of nitrogens with zero attached hydrogens (tertiary/aromatic N) is 1. The number of carbonyl (C=O) groups is 4. The summed E-state index contributed by atoms with van der Waals surface area (Å²) in [6.45, 7) is 13.7. The number of carbonyl (C=O) groups excluding carboxylic acids is 4. The highest BCUT2D eigenvalue weighted by atomic mass is 16.7. The minimum atomic E-state index is -1.33. The summed E-state index contributed by atoms with van der Waals surface area (Å²) in [4.78, 5) is 55.7. The first-order valence-corrected chi connectivity index (χ1v) is 15.4. The van der Waals surface area contributed by atoms with E-state index >= 15 is 0 Å². The summed E-state index contributed by atoms with van der Waals surface area (Å²) in [6, 6.07) is -1.04. The highest BCUT2D eigenvalue weighted by molar-refractivity contribution is 6.00. The van der Waals surface area contributed by atoms with E-state index in [2.05, 4.69) is 5.32 Å². The molecule has 0 unspecified atom stereocenters. The Balaban J connectivity index is 2.09. The number of aliphatic hydroxyl groups excluding tert-OH is 1. The number of aliphatic hydroxyl groups is 1. The van der Waals surface area contributed by atoms with E-state index in [9.17, 15) is 24.3 Å². The summed E-state index contributed by atoms with van der Waals surface area (Å²) >= 11 is 0. The Kier molecular flexibility index (Phi) is 11.1. The zero-order chi connectivity index (χ0) is 32.6. The number of fused-ring (bicyclic) bond motifs is 1. The summed E-state index contributed by atoms with van der Waals surface area (Å²) in [5, 5.41) is 14.0. The quantitative estimate of drug-likeness (QED) is 0.348. The van der Waals surface area contributed by atoms with Crippen LogP contribution in [0.15, 0.2) is 0 Å². The van der Waals surface area contributed by atoms with Crippen molar-refractivity contribution in [3.63, 3.8) is 0 Å². The molecular weight excluding hydrogens is 560 g/mol. The van der Waals surface area contributed by atoms with Gasteiger partial charge in [0.1, 0.15) is 23.9 Å². The van der Waals surface area contributed by atoms with Gasteiger partial charge in [-0.3, -0.25) is 14.4 Å². The van der Waals surface area contributed by atoms with Crippen LogP contribution in [0.3, 0.4) is 0 Å². The van der Waals surface area contributed by atoms with Gasteiger partial charge in [0.25, 0.3) is 0 Å². The van der Waals surface area contributed by atoms with Crippen LogP contribution in [-0.2, 0) is 38.1 Å². The predicted molar refractivity (Wildman–Crippen MR) is 156 cm³/mol. The van der Waals surface area contributed by atoms with Crippen LogP contribution in [0.25, 0.3) is 0 Å². The van der Waals surface area contributed by atoms with Gasteiger partial charge < -0.3 is 39.0 Å². The molecule has 3 rings (SSSR count). The number of likely N-dealkylation sites (N-methyl/N-ethyl adjacent to an activating group) is 1. The number of nitrogens with one attached hydrogen (secondary N) is 1. The molecule has 0 aromatic heterocycles. The van der Waals surface area contributed by atoms with E-state index < -0.39 is 83.4 Å². The van der Waals surface area contributed by atoms with E-state index in [1.165, 1.54) is 14.0 Å². The molecule has 2 N–H and O–H groups in total. The Morgan fingerprint density at radius 3 is 2.21 bits per heavy atom. The fourth-order valence-corrected chi connectivity index (χ4v) is 7.19. The Bertz CT molecular complexity index is 1050. The molecule has 0 spiro atoms. The van der Waals surface area contributed by atoms with Gasteiger partial charge in [-0.05, 0) is 61.1 Å². The smallest absolute Gasteiger partial charge is 0.408 e. The van der Waals surface area contributed by atoms with Crippen LogP contribution >= 0.6 is 0 Å². The lowest BCUT2D eigenvalue weighted by molar-refractivity contribution is -0.295. The van der Waals surface area contributed by atoms with E-state index in [0.717, 1.165) is 0 Å². The van der Waals surface area contributed by atoms with E-state index in [1.807, 2.05) is 25.9 Å². The van der Waals surface area contributed by atoms with Gasteiger partial charge in [-0.1, -0.05) is 27.7 Å². The lowest BCUT2D eigenvalue weighted by Gasteiger charge is -2.47. The average molecular weight is 613 g/mol. The maximum Gasteiger partial charge on any atom is 0.408 e. The summed E-state index contributed by atoms with van der Waals surface area (Å²) in [7, 11) is 5.21. The molecule has 3 aliphatic heterocycles. The number of alkyl carbamates (subject to hydrolysis) is 1. The molecule has 0 radical (unpaired) electrons. The van der Waals surface area contributed by atoms with Gasteiger partial charge in [0.2, 0.25) is 0 Å². The van der Waals surface area contributed by atoms with Gasteiger partial charge in [-0.2, -0.15) is 0 Å². The van der Waals surface area contributed by atoms with Crippen LogP contribution < -0.4 is 5.32 Å². The zero-order valence-electron chi connectivity index (χ0n) is 27.5. The van der Waals surface area contributed by atoms with Crippen molar-refractivity contribution >= 4 is 23.6 Å². The molecular formula is C31H52N2O10. The predicted octanol–water partition coefficient (Wildman–Crippen LogP) is 2.48. The van der Waals surface area contributed by atoms with E-state index in [0.29, 0.717) is 6.42 Å². The molecule has 13 atom stereocenters. The fraction of sp³-hybridized carbons (Fsp3) is 0.871. The molecule has 3 fully saturated rings. The van der Waals surface area contributed by atoms with E-state index in [1.54, 1.807) is 41.5 Å². The summed E-state index contributed by atoms with van der Waals surface area (Å²) in [5.74, 6) is -4.80. The summed E-state index contributed by atoms with van der Waals surface area (Å²) in [6.07, 6.45) is -3.96. The molecule has 12 heteroatoms. The van der Waals surface area contributed by atoms with Gasteiger partial charge in [-0.25, -0.2) is 4.79 Å². The molecule has 3 saturated heterocycles. The van der Waals surface area contributed by atoms with Crippen molar-refractivity contribution in [1.29, 1.82) is 0 Å². The second-order valence-electron chi connectivity index (χ2n) is 13.4. The second kappa shape index (κ2) is 13.5. The number of ketones is 2. The van der Waals surface area contributed by atoms with Crippen molar-refractivity contribution < 1.29 is 48.0 Å². The van der Waals surface area contributed by atoms with Gasteiger partial charge in [0, 0.05) is 30.9 Å². The van der Waals surface area contributed by atoms with Crippen LogP contribution in [0.1, 0.15) is 74.7 Å². The second-order valence-corrected chi connectivity index (χ2v) is 13.4. The van der Waals surface area contributed by atoms with Crippen molar-refractivity contribution in [2.24, 2.45) is 23.7 Å². The number of esters is 1. The Hall–Kier alpha value is -2.12. The minimum Gasteiger partial charge on any atom is -0.458 e. The highest BCUT2D eigenvalue weighted by Gasteiger charge is 2.57. The van der Waals surface area contributed by atoms with E-state index in [-0.39, 0.29) is 30.8 Å². The normalized spacial score (nSPS) is 45.2. The first-order valence-electron chi connectivity index (χ1n) is 15.4. The van der Waals surface area contributed by atoms with Gasteiger partial charge >= 0.3 is 12.1 Å². The molecule has 12 nitrogen and oxygen atoms in total. The number of hydrogen-bond acceptors (Lipinski definition) is 11. The summed E-state index contributed by atoms with van der Waals surface area (Å²) in [5.41, 5.74) is -2.56. The van der Waals surface area contributed by atoms with Gasteiger partial charge in [0.15, 0.2) is 17.7 Å². The molecule has 0 aromatic carbocycles. The van der Waals surface area contributed by atoms with Crippen LogP contribution in [0, 0.1) is 23.7 Å². The van der Waals surface area contributed by atoms with Crippen LogP contribution in [0.4, 0.5) is 4.79 Å². The van der Waals surface area contributed by atoms with Crippen LogP contribution in [0.2, 0.25) is 0 Å². The molecule has 0 aliphatic carbocycles. The molecule has 0 saturated carbocycles. The third-order valence-electron chi connectivity index (χ3n) is 9.93. The number of ether oxygens (including phenoxy) is 5. The monoisotopic (exact) mass is 612 g/mol. The minimum absolute atomic E-state index is 0.151. The SMILES string of the molecule is CC[C@@H]1OC(=O)[C@H](C)C(=O)[C@H](C)[C@@H](O[C@@H]2O[C@H](C)C[C@H](N(C)C)[C@H]2O)[C@@](C)(OC)C[C@@H](C)C(=O)[C@H](C)[C@H]2NC(=O)O[C@]12C. The molecule has 246 valence electrons. The number of cyclic esters (lactones) is 1. The van der Waals surface area contributed by atoms with Crippen molar-refractivity contribution in [3.8, 4) is 0 Å². The molecule has 1 amide bonds. The van der Waals surface area contributed by atoms with Gasteiger partial charge in [-0.15, -0.1) is 0 Å². The Labute approximate surface area is 255 Å². The zero-order valence-corrected chi connectivity index (χ0v) is 27.5. The summed E-state index contributed by atoms with van der Waals surface area (Å²) < 4.78 is 30.1. The Morgan fingerprint density at radius 1 is 1.02 bits per heavy atom. The number of amides is 1. The average Bonchev–Trinajstić information content (AvgIpc) is 3.27. The van der Waals surface area contributed by atoms with Gasteiger partial charge in [0.05, 0.1) is 23.9 Å². The first-order chi connectivity index (χ1) is 19.9. The largest absolute Gasteiger partial charge is 0.458 e. The molecule has 3 heterocycles. The Morgan fingerprint density at radius 2 is 1.65 bits per heavy atom. The lowest BCUT2D eigenvalue weighted by Crippen LogP contribution is -2.60. The highest BCUT2D eigenvalue weighted by Crippen LogP contribution is 2.40. The molecule has 0 bridgehead atoms. The molecule has 3 aliphatic rings. The number of hydrogen-bond donors (Lipinski definition) is 2. The third kappa shape index (κ3) is 6.93. The van der Waals surface area contributed by atoms with Crippen LogP contribution in [-0.4, -0.2) is 109 Å². The number of methoxy groups -OCH3 is 1. The molecule has 0 aromatic rings.